The van der Waals surface area contributed by atoms with Crippen LogP contribution >= 0.6 is 23.4 Å². The lowest BCUT2D eigenvalue weighted by Crippen LogP contribution is -2.51. The standard InChI is InChI=1S/C22H27ClN2O5S/c1-3-30-21(29)15-14-8-9-22(31-14)16(15)20(28)25(10-5-11-26)18(22)19(27)24-17-12(2)6-4-7-13(17)23/h4,6-7,14-16,18,26H,3,5,8-11H2,1-2H3,(H,24,27)/t14-,15+,16-,18?,22?/m0/s1. The van der Waals surface area contributed by atoms with Crippen LogP contribution in [0.4, 0.5) is 5.69 Å². The number of hydrogen-bond donors (Lipinski definition) is 2. The third kappa shape index (κ3) is 3.52. The van der Waals surface area contributed by atoms with Crippen molar-refractivity contribution in [1.29, 1.82) is 0 Å². The fourth-order valence-corrected chi connectivity index (χ4v) is 7.90. The number of aliphatic hydroxyl groups excluding tert-OH is 1. The highest BCUT2D eigenvalue weighted by Crippen LogP contribution is 2.66. The minimum atomic E-state index is -0.735. The Morgan fingerprint density at radius 3 is 2.87 bits per heavy atom. The number of amides is 2. The molecule has 1 aromatic rings. The van der Waals surface area contributed by atoms with Crippen LogP contribution in [-0.2, 0) is 19.1 Å². The van der Waals surface area contributed by atoms with Gasteiger partial charge >= 0.3 is 5.97 Å². The first kappa shape index (κ1) is 22.4. The number of carbonyl (C=O) groups is 3. The predicted molar refractivity (Wildman–Crippen MR) is 119 cm³/mol. The average molecular weight is 467 g/mol. The number of nitrogens with one attached hydrogen (secondary N) is 1. The Kier molecular flexibility index (Phi) is 6.25. The molecule has 3 saturated heterocycles. The number of esters is 1. The summed E-state index contributed by atoms with van der Waals surface area (Å²) in [6.07, 6.45) is 1.81. The number of aliphatic hydroxyl groups is 1. The molecule has 2 amide bonds. The van der Waals surface area contributed by atoms with Crippen LogP contribution in [0.2, 0.25) is 5.02 Å². The Balaban J connectivity index is 1.70. The van der Waals surface area contributed by atoms with Gasteiger partial charge in [-0.05, 0) is 44.7 Å². The molecular weight excluding hydrogens is 440 g/mol. The van der Waals surface area contributed by atoms with Gasteiger partial charge in [-0.2, -0.15) is 0 Å². The van der Waals surface area contributed by atoms with Crippen LogP contribution in [0, 0.1) is 18.8 Å². The summed E-state index contributed by atoms with van der Waals surface area (Å²) < 4.78 is 4.62. The third-order valence-electron chi connectivity index (χ3n) is 6.63. The molecule has 0 aliphatic carbocycles. The number of halogens is 1. The highest BCUT2D eigenvalue weighted by Gasteiger charge is 2.73. The van der Waals surface area contributed by atoms with Crippen LogP contribution in [0.25, 0.3) is 0 Å². The van der Waals surface area contributed by atoms with Gasteiger partial charge in [0.2, 0.25) is 11.8 Å². The van der Waals surface area contributed by atoms with E-state index >= 15 is 0 Å². The molecule has 0 aromatic heterocycles. The molecule has 1 aromatic carbocycles. The average Bonchev–Trinajstić information content (AvgIpc) is 3.37. The van der Waals surface area contributed by atoms with Crippen LogP contribution < -0.4 is 5.32 Å². The summed E-state index contributed by atoms with van der Waals surface area (Å²) >= 11 is 7.91. The van der Waals surface area contributed by atoms with Crippen LogP contribution in [0.1, 0.15) is 31.7 Å². The molecule has 1 spiro atoms. The van der Waals surface area contributed by atoms with E-state index in [1.54, 1.807) is 29.7 Å². The second-order valence-electron chi connectivity index (χ2n) is 8.34. The molecule has 168 valence electrons. The van der Waals surface area contributed by atoms with Gasteiger partial charge in [0.15, 0.2) is 0 Å². The van der Waals surface area contributed by atoms with Crippen molar-refractivity contribution in [3.05, 3.63) is 28.8 Å². The lowest BCUT2D eigenvalue weighted by molar-refractivity contribution is -0.153. The van der Waals surface area contributed by atoms with Crippen molar-refractivity contribution < 1.29 is 24.2 Å². The number of anilines is 1. The topological polar surface area (TPSA) is 95.9 Å². The highest BCUT2D eigenvalue weighted by atomic mass is 35.5. The maximum atomic E-state index is 13.6. The van der Waals surface area contributed by atoms with E-state index in [0.29, 0.717) is 23.6 Å². The van der Waals surface area contributed by atoms with Crippen molar-refractivity contribution in [2.75, 3.05) is 25.1 Å². The van der Waals surface area contributed by atoms with Crippen molar-refractivity contribution in [3.63, 3.8) is 0 Å². The normalized spacial score (nSPS) is 31.1. The van der Waals surface area contributed by atoms with E-state index in [0.717, 1.165) is 12.0 Å². The Morgan fingerprint density at radius 1 is 1.42 bits per heavy atom. The van der Waals surface area contributed by atoms with Gasteiger partial charge in [-0.25, -0.2) is 0 Å². The Morgan fingerprint density at radius 2 is 2.19 bits per heavy atom. The maximum absolute atomic E-state index is 13.6. The molecule has 5 atom stereocenters. The zero-order valence-corrected chi connectivity index (χ0v) is 19.2. The molecule has 2 N–H and O–H groups in total. The molecule has 3 fully saturated rings. The van der Waals surface area contributed by atoms with Gasteiger partial charge < -0.3 is 20.1 Å². The van der Waals surface area contributed by atoms with Crippen LogP contribution in [-0.4, -0.2) is 63.6 Å². The molecule has 3 aliphatic rings. The smallest absolute Gasteiger partial charge is 0.310 e. The summed E-state index contributed by atoms with van der Waals surface area (Å²) in [5, 5.41) is 12.7. The van der Waals surface area contributed by atoms with Gasteiger partial charge in [0.05, 0.1) is 33.9 Å². The SMILES string of the molecule is CCOC(=O)[C@@H]1[C@@H]2CCC3(S2)C(C(=O)Nc2c(C)cccc2Cl)N(CCCO)C(=O)[C@H]13. The van der Waals surface area contributed by atoms with E-state index in [9.17, 15) is 19.5 Å². The zero-order valence-electron chi connectivity index (χ0n) is 17.6. The summed E-state index contributed by atoms with van der Waals surface area (Å²) in [5.41, 5.74) is 1.36. The fraction of sp³-hybridized carbons (Fsp3) is 0.591. The summed E-state index contributed by atoms with van der Waals surface area (Å²) in [6, 6.07) is 4.65. The fourth-order valence-electron chi connectivity index (χ4n) is 5.42. The number of nitrogens with zero attached hydrogens (tertiary/aromatic N) is 1. The third-order valence-corrected chi connectivity index (χ3v) is 8.90. The molecule has 3 heterocycles. The van der Waals surface area contributed by atoms with Crippen molar-refractivity contribution >= 4 is 46.8 Å². The Hall–Kier alpha value is -1.77. The monoisotopic (exact) mass is 466 g/mol. The minimum absolute atomic E-state index is 0.0228. The summed E-state index contributed by atoms with van der Waals surface area (Å²) in [4.78, 5) is 41.4. The summed E-state index contributed by atoms with van der Waals surface area (Å²) in [5.74, 6) is -1.98. The molecule has 31 heavy (non-hydrogen) atoms. The molecule has 2 unspecified atom stereocenters. The highest BCUT2D eigenvalue weighted by molar-refractivity contribution is 8.02. The van der Waals surface area contributed by atoms with Crippen LogP contribution in [0.15, 0.2) is 18.2 Å². The molecule has 9 heteroatoms. The second kappa shape index (κ2) is 8.64. The molecule has 3 aliphatic heterocycles. The predicted octanol–water partition coefficient (Wildman–Crippen LogP) is 2.62. The summed E-state index contributed by atoms with van der Waals surface area (Å²) in [6.45, 7) is 4.04. The van der Waals surface area contributed by atoms with E-state index < -0.39 is 22.6 Å². The zero-order chi connectivity index (χ0) is 22.3. The number of benzene rings is 1. The number of aryl methyl sites for hydroxylation is 1. The second-order valence-corrected chi connectivity index (χ2v) is 10.3. The largest absolute Gasteiger partial charge is 0.466 e. The Labute approximate surface area is 190 Å². The minimum Gasteiger partial charge on any atom is -0.466 e. The summed E-state index contributed by atoms with van der Waals surface area (Å²) in [7, 11) is 0. The molecule has 4 rings (SSSR count). The number of para-hydroxylation sites is 1. The van der Waals surface area contributed by atoms with Crippen LogP contribution in [0.5, 0.6) is 0 Å². The van der Waals surface area contributed by atoms with Crippen LogP contribution in [0.3, 0.4) is 0 Å². The first-order chi connectivity index (χ1) is 14.9. The first-order valence-electron chi connectivity index (χ1n) is 10.7. The lowest BCUT2D eigenvalue weighted by Gasteiger charge is -2.34. The number of ether oxygens (including phenoxy) is 1. The molecule has 2 bridgehead atoms. The number of carbonyl (C=O) groups excluding carboxylic acids is 3. The van der Waals surface area contributed by atoms with Crippen molar-refractivity contribution in [3.8, 4) is 0 Å². The number of fused-ring (bicyclic) bond motifs is 1. The van der Waals surface area contributed by atoms with Crippen molar-refractivity contribution in [2.45, 2.75) is 49.1 Å². The molecular formula is C22H27ClN2O5S. The molecule has 0 radical (unpaired) electrons. The van der Waals surface area contributed by atoms with E-state index in [2.05, 4.69) is 5.32 Å². The first-order valence-corrected chi connectivity index (χ1v) is 11.9. The molecule has 7 nitrogen and oxygen atoms in total. The lowest BCUT2D eigenvalue weighted by atomic mass is 9.71. The van der Waals surface area contributed by atoms with E-state index in [1.165, 1.54) is 0 Å². The van der Waals surface area contributed by atoms with Gasteiger partial charge in [-0.3, -0.25) is 14.4 Å². The van der Waals surface area contributed by atoms with Gasteiger partial charge in [0.1, 0.15) is 6.04 Å². The van der Waals surface area contributed by atoms with E-state index in [1.807, 2.05) is 19.1 Å². The van der Waals surface area contributed by atoms with Gasteiger partial charge in [-0.1, -0.05) is 23.7 Å². The van der Waals surface area contributed by atoms with Crippen molar-refractivity contribution in [1.82, 2.24) is 4.90 Å². The number of likely N-dealkylation sites (tertiary alicyclic amines) is 1. The quantitative estimate of drug-likeness (QED) is 0.600. The van der Waals surface area contributed by atoms with Gasteiger partial charge in [0.25, 0.3) is 0 Å². The van der Waals surface area contributed by atoms with Crippen molar-refractivity contribution in [2.24, 2.45) is 11.8 Å². The van der Waals surface area contributed by atoms with Gasteiger partial charge in [0, 0.05) is 18.4 Å². The Bertz CT molecular complexity index is 892. The van der Waals surface area contributed by atoms with E-state index in [-0.39, 0.29) is 42.8 Å². The molecule has 0 saturated carbocycles. The van der Waals surface area contributed by atoms with E-state index in [4.69, 9.17) is 16.3 Å². The van der Waals surface area contributed by atoms with Gasteiger partial charge in [-0.15, -0.1) is 11.8 Å². The maximum Gasteiger partial charge on any atom is 0.310 e. The number of thioether (sulfide) groups is 1. The number of rotatable bonds is 7. The number of hydrogen-bond acceptors (Lipinski definition) is 6.